The van der Waals surface area contributed by atoms with Crippen molar-refractivity contribution < 1.29 is 23.0 Å². The first-order chi connectivity index (χ1) is 11.7. The average molecular weight is 333 g/mol. The molecular weight excluding hydrogens is 320 g/mol. The molecule has 3 rings (SSSR count). The lowest BCUT2D eigenvalue weighted by molar-refractivity contribution is -0.0496. The number of methoxy groups -OCH3 is 1. The van der Waals surface area contributed by atoms with Crippen LogP contribution in [0.2, 0.25) is 0 Å². The standard InChI is InChI=1S/C16H13F2N3O3/c1-22-11-4-2-3-10(7-11)15-13(24-16(17)18)5-6-14(21-15)23-12-8-19-20-9-12/h2-9,16H,1H3,(H,19,20). The molecule has 0 unspecified atom stereocenters. The van der Waals surface area contributed by atoms with Crippen LogP contribution in [-0.2, 0) is 0 Å². The zero-order chi connectivity index (χ0) is 16.9. The third-order valence-electron chi connectivity index (χ3n) is 3.09. The molecule has 0 aliphatic rings. The Morgan fingerprint density at radius 1 is 1.12 bits per heavy atom. The minimum atomic E-state index is -2.96. The Hall–Kier alpha value is -3.16. The van der Waals surface area contributed by atoms with E-state index in [-0.39, 0.29) is 17.3 Å². The second kappa shape index (κ2) is 6.95. The Bertz CT molecular complexity index is 810. The van der Waals surface area contributed by atoms with Gasteiger partial charge in [-0.15, -0.1) is 0 Å². The summed E-state index contributed by atoms with van der Waals surface area (Å²) in [6, 6.07) is 9.67. The Balaban J connectivity index is 2.01. The fraction of sp³-hybridized carbons (Fsp3) is 0.125. The lowest BCUT2D eigenvalue weighted by Gasteiger charge is -2.12. The molecule has 2 heterocycles. The fourth-order valence-corrected chi connectivity index (χ4v) is 2.07. The number of nitrogens with zero attached hydrogens (tertiary/aromatic N) is 2. The second-order valence-corrected chi connectivity index (χ2v) is 4.64. The molecule has 1 N–H and O–H groups in total. The Morgan fingerprint density at radius 2 is 2.00 bits per heavy atom. The van der Waals surface area contributed by atoms with Gasteiger partial charge in [-0.3, -0.25) is 5.10 Å². The highest BCUT2D eigenvalue weighted by Crippen LogP contribution is 2.34. The van der Waals surface area contributed by atoms with Crippen molar-refractivity contribution in [2.24, 2.45) is 0 Å². The largest absolute Gasteiger partial charge is 0.497 e. The number of halogens is 2. The third kappa shape index (κ3) is 3.60. The molecule has 124 valence electrons. The fourth-order valence-electron chi connectivity index (χ4n) is 2.07. The van der Waals surface area contributed by atoms with Gasteiger partial charge in [0.1, 0.15) is 11.4 Å². The van der Waals surface area contributed by atoms with Gasteiger partial charge in [-0.25, -0.2) is 4.98 Å². The van der Waals surface area contributed by atoms with Crippen molar-refractivity contribution in [1.82, 2.24) is 15.2 Å². The molecule has 0 fully saturated rings. The molecule has 8 heteroatoms. The molecule has 0 radical (unpaired) electrons. The number of hydrogen-bond acceptors (Lipinski definition) is 5. The first-order valence-electron chi connectivity index (χ1n) is 6.92. The van der Waals surface area contributed by atoms with Crippen LogP contribution in [0.3, 0.4) is 0 Å². The summed E-state index contributed by atoms with van der Waals surface area (Å²) in [4.78, 5) is 4.27. The first kappa shape index (κ1) is 15.7. The molecular formula is C16H13F2N3O3. The first-order valence-corrected chi connectivity index (χ1v) is 6.92. The van der Waals surface area contributed by atoms with Gasteiger partial charge >= 0.3 is 6.61 Å². The predicted octanol–water partition coefficient (Wildman–Crippen LogP) is 3.87. The summed E-state index contributed by atoms with van der Waals surface area (Å²) >= 11 is 0. The van der Waals surface area contributed by atoms with Crippen LogP contribution in [-0.4, -0.2) is 28.9 Å². The summed E-state index contributed by atoms with van der Waals surface area (Å²) in [6.45, 7) is -2.96. The quantitative estimate of drug-likeness (QED) is 0.741. The normalized spacial score (nSPS) is 10.7. The number of ether oxygens (including phenoxy) is 3. The number of pyridine rings is 1. The van der Waals surface area contributed by atoms with E-state index >= 15 is 0 Å². The third-order valence-corrected chi connectivity index (χ3v) is 3.09. The average Bonchev–Trinajstić information content (AvgIpc) is 3.09. The molecule has 0 saturated heterocycles. The van der Waals surface area contributed by atoms with Crippen LogP contribution < -0.4 is 14.2 Å². The molecule has 0 saturated carbocycles. The van der Waals surface area contributed by atoms with Gasteiger partial charge in [0.2, 0.25) is 5.88 Å². The molecule has 0 atom stereocenters. The Labute approximate surface area is 136 Å². The zero-order valence-corrected chi connectivity index (χ0v) is 12.6. The molecule has 0 bridgehead atoms. The van der Waals surface area contributed by atoms with E-state index in [9.17, 15) is 8.78 Å². The number of rotatable bonds is 6. The molecule has 1 aromatic carbocycles. The summed E-state index contributed by atoms with van der Waals surface area (Å²) in [5, 5.41) is 6.37. The minimum Gasteiger partial charge on any atom is -0.497 e. The van der Waals surface area contributed by atoms with E-state index in [2.05, 4.69) is 19.9 Å². The zero-order valence-electron chi connectivity index (χ0n) is 12.6. The molecule has 0 aliphatic heterocycles. The van der Waals surface area contributed by atoms with E-state index in [4.69, 9.17) is 9.47 Å². The van der Waals surface area contributed by atoms with Crippen molar-refractivity contribution in [1.29, 1.82) is 0 Å². The van der Waals surface area contributed by atoms with Crippen LogP contribution >= 0.6 is 0 Å². The van der Waals surface area contributed by atoms with E-state index in [1.165, 1.54) is 31.6 Å². The maximum Gasteiger partial charge on any atom is 0.387 e. The highest BCUT2D eigenvalue weighted by Gasteiger charge is 2.15. The van der Waals surface area contributed by atoms with Gasteiger partial charge < -0.3 is 14.2 Å². The number of aromatic nitrogens is 3. The lowest BCUT2D eigenvalue weighted by Crippen LogP contribution is -2.04. The molecule has 0 amide bonds. The van der Waals surface area contributed by atoms with Gasteiger partial charge in [0.25, 0.3) is 0 Å². The molecule has 3 aromatic rings. The molecule has 0 aliphatic carbocycles. The highest BCUT2D eigenvalue weighted by molar-refractivity contribution is 5.68. The van der Waals surface area contributed by atoms with Crippen LogP contribution in [0.4, 0.5) is 8.78 Å². The number of benzene rings is 1. The number of alkyl halides is 2. The number of nitrogens with one attached hydrogen (secondary N) is 1. The summed E-state index contributed by atoms with van der Waals surface area (Å²) in [6.07, 6.45) is 3.01. The van der Waals surface area contributed by atoms with Gasteiger partial charge in [-0.1, -0.05) is 12.1 Å². The van der Waals surface area contributed by atoms with Gasteiger partial charge in [0.15, 0.2) is 11.5 Å². The lowest BCUT2D eigenvalue weighted by atomic mass is 10.1. The molecule has 6 nitrogen and oxygen atoms in total. The Morgan fingerprint density at radius 3 is 2.71 bits per heavy atom. The maximum atomic E-state index is 12.6. The number of aromatic amines is 1. The Kier molecular flexibility index (Phi) is 4.55. The van der Waals surface area contributed by atoms with Crippen molar-refractivity contribution in [3.05, 3.63) is 48.8 Å². The highest BCUT2D eigenvalue weighted by atomic mass is 19.3. The topological polar surface area (TPSA) is 69.3 Å². The minimum absolute atomic E-state index is 0.0576. The van der Waals surface area contributed by atoms with Crippen LogP contribution in [0, 0.1) is 0 Å². The van der Waals surface area contributed by atoms with Crippen molar-refractivity contribution in [3.8, 4) is 34.4 Å². The van der Waals surface area contributed by atoms with E-state index < -0.39 is 6.61 Å². The van der Waals surface area contributed by atoms with E-state index in [1.807, 2.05) is 0 Å². The number of H-pyrrole nitrogens is 1. The predicted molar refractivity (Wildman–Crippen MR) is 81.5 cm³/mol. The van der Waals surface area contributed by atoms with Crippen molar-refractivity contribution in [3.63, 3.8) is 0 Å². The van der Waals surface area contributed by atoms with Gasteiger partial charge in [-0.2, -0.15) is 13.9 Å². The van der Waals surface area contributed by atoms with Crippen LogP contribution in [0.25, 0.3) is 11.3 Å². The van der Waals surface area contributed by atoms with Crippen molar-refractivity contribution in [2.45, 2.75) is 6.61 Å². The molecule has 24 heavy (non-hydrogen) atoms. The monoisotopic (exact) mass is 333 g/mol. The number of hydrogen-bond donors (Lipinski definition) is 1. The SMILES string of the molecule is COc1cccc(-c2nc(Oc3cn[nH]c3)ccc2OC(F)F)c1. The van der Waals surface area contributed by atoms with Crippen molar-refractivity contribution >= 4 is 0 Å². The molecule has 2 aromatic heterocycles. The van der Waals surface area contributed by atoms with E-state index in [0.29, 0.717) is 17.1 Å². The van der Waals surface area contributed by atoms with Crippen LogP contribution in [0.15, 0.2) is 48.8 Å². The molecule has 0 spiro atoms. The van der Waals surface area contributed by atoms with E-state index in [0.717, 1.165) is 0 Å². The second-order valence-electron chi connectivity index (χ2n) is 4.64. The van der Waals surface area contributed by atoms with Gasteiger partial charge in [0.05, 0.1) is 19.5 Å². The van der Waals surface area contributed by atoms with Gasteiger partial charge in [-0.05, 0) is 18.2 Å². The maximum absolute atomic E-state index is 12.6. The van der Waals surface area contributed by atoms with Crippen LogP contribution in [0.5, 0.6) is 23.1 Å². The van der Waals surface area contributed by atoms with Crippen molar-refractivity contribution in [2.75, 3.05) is 7.11 Å². The van der Waals surface area contributed by atoms with Gasteiger partial charge in [0, 0.05) is 11.6 Å². The summed E-state index contributed by atoms with van der Waals surface area (Å²) < 4.78 is 40.5. The summed E-state index contributed by atoms with van der Waals surface area (Å²) in [5.41, 5.74) is 0.776. The summed E-state index contributed by atoms with van der Waals surface area (Å²) in [7, 11) is 1.52. The smallest absolute Gasteiger partial charge is 0.387 e. The van der Waals surface area contributed by atoms with E-state index in [1.54, 1.807) is 24.3 Å². The van der Waals surface area contributed by atoms with Crippen LogP contribution in [0.1, 0.15) is 0 Å². The summed E-state index contributed by atoms with van der Waals surface area (Å²) in [5.74, 6) is 1.17.